The summed E-state index contributed by atoms with van der Waals surface area (Å²) in [6.45, 7) is 3.03. The lowest BCUT2D eigenvalue weighted by molar-refractivity contribution is 0.0702. The average Bonchev–Trinajstić information content (AvgIpc) is 3.24. The van der Waals surface area contributed by atoms with Gasteiger partial charge in [0.25, 0.3) is 5.91 Å². The molecule has 0 unspecified atom stereocenters. The molecule has 25 heavy (non-hydrogen) atoms. The Morgan fingerprint density at radius 1 is 1.28 bits per heavy atom. The molecule has 0 saturated carbocycles. The Morgan fingerprint density at radius 2 is 2.08 bits per heavy atom. The average molecular weight is 339 g/mol. The number of nitrogens with one attached hydrogen (secondary N) is 1. The van der Waals surface area contributed by atoms with Gasteiger partial charge in [-0.25, -0.2) is 0 Å². The summed E-state index contributed by atoms with van der Waals surface area (Å²) in [5, 5.41) is 20.4. The Balaban J connectivity index is 1.69. The molecule has 2 aromatic heterocycles. The number of aliphatic hydroxyl groups is 1. The van der Waals surface area contributed by atoms with Gasteiger partial charge in [-0.3, -0.25) is 14.6 Å². The maximum atomic E-state index is 12.6. The summed E-state index contributed by atoms with van der Waals surface area (Å²) in [5.41, 5.74) is 3.24. The Bertz CT molecular complexity index is 825. The molecule has 3 rings (SSSR count). The summed E-state index contributed by atoms with van der Waals surface area (Å²) in [5.74, 6) is -0.214. The van der Waals surface area contributed by atoms with Crippen molar-refractivity contribution in [3.63, 3.8) is 0 Å². The van der Waals surface area contributed by atoms with Crippen molar-refractivity contribution in [2.45, 2.75) is 20.0 Å². The Kier molecular flexibility index (Phi) is 5.25. The molecule has 2 N–H and O–H groups in total. The molecule has 0 bridgehead atoms. The van der Waals surface area contributed by atoms with Gasteiger partial charge in [0.1, 0.15) is 5.69 Å². The quantitative estimate of drug-likeness (QED) is 0.684. The molecule has 0 spiro atoms. The third kappa shape index (κ3) is 4.33. The highest BCUT2D eigenvalue weighted by atomic mass is 16.3. The molecule has 0 aliphatic heterocycles. The zero-order valence-electron chi connectivity index (χ0n) is 14.1. The maximum Gasteiger partial charge on any atom is 0.274 e. The molecular formula is C18H21N5O2. The molecule has 130 valence electrons. The van der Waals surface area contributed by atoms with Crippen molar-refractivity contribution < 1.29 is 9.90 Å². The Labute approximate surface area is 145 Å². The lowest BCUT2D eigenvalue weighted by Crippen LogP contribution is -2.33. The number of aliphatic hydroxyl groups excluding tert-OH is 1. The number of nitrogens with zero attached hydrogens (tertiary/aromatic N) is 4. The molecule has 0 aliphatic rings. The number of H-pyrrole nitrogens is 1. The van der Waals surface area contributed by atoms with Crippen LogP contribution in [-0.2, 0) is 13.1 Å². The fraction of sp³-hybridized carbons (Fsp3) is 0.278. The van der Waals surface area contributed by atoms with Crippen LogP contribution in [0.15, 0.2) is 48.8 Å². The van der Waals surface area contributed by atoms with Crippen LogP contribution in [0.1, 0.15) is 27.3 Å². The Hall–Kier alpha value is -2.93. The summed E-state index contributed by atoms with van der Waals surface area (Å²) < 4.78 is 1.84. The predicted octanol–water partition coefficient (Wildman–Crippen LogP) is 1.60. The predicted molar refractivity (Wildman–Crippen MR) is 92.9 cm³/mol. The molecule has 7 heteroatoms. The SMILES string of the molecule is Cc1cc(C(=O)N(CCO)Cc2cnn(Cc3ccccc3)c2)n[nH]1. The fourth-order valence-corrected chi connectivity index (χ4v) is 2.63. The molecule has 7 nitrogen and oxygen atoms in total. The third-order valence-corrected chi connectivity index (χ3v) is 3.83. The van der Waals surface area contributed by atoms with Crippen LogP contribution >= 0.6 is 0 Å². The first-order chi connectivity index (χ1) is 12.2. The van der Waals surface area contributed by atoms with E-state index in [0.29, 0.717) is 18.8 Å². The smallest absolute Gasteiger partial charge is 0.274 e. The topological polar surface area (TPSA) is 87.0 Å². The van der Waals surface area contributed by atoms with Crippen molar-refractivity contribution in [1.82, 2.24) is 24.9 Å². The van der Waals surface area contributed by atoms with Gasteiger partial charge in [0.15, 0.2) is 0 Å². The molecule has 0 radical (unpaired) electrons. The van der Waals surface area contributed by atoms with Crippen LogP contribution in [0.4, 0.5) is 0 Å². The number of rotatable bonds is 7. The van der Waals surface area contributed by atoms with E-state index < -0.39 is 0 Å². The van der Waals surface area contributed by atoms with Crippen LogP contribution in [0.25, 0.3) is 0 Å². The number of hydrogen-bond acceptors (Lipinski definition) is 4. The highest BCUT2D eigenvalue weighted by molar-refractivity contribution is 5.92. The molecule has 2 heterocycles. The van der Waals surface area contributed by atoms with Gasteiger partial charge in [-0.15, -0.1) is 0 Å². The zero-order chi connectivity index (χ0) is 17.6. The number of carbonyl (C=O) groups excluding carboxylic acids is 1. The standard InChI is InChI=1S/C18H21N5O2/c1-14-9-17(21-20-14)18(25)22(7-8-24)11-16-10-19-23(13-16)12-15-5-3-2-4-6-15/h2-6,9-10,13,24H,7-8,11-12H2,1H3,(H,20,21). The minimum absolute atomic E-state index is 0.104. The first-order valence-corrected chi connectivity index (χ1v) is 8.13. The van der Waals surface area contributed by atoms with Crippen LogP contribution in [0.2, 0.25) is 0 Å². The first kappa shape index (κ1) is 16.9. The third-order valence-electron chi connectivity index (χ3n) is 3.83. The highest BCUT2D eigenvalue weighted by Crippen LogP contribution is 2.10. The minimum atomic E-state index is -0.214. The van der Waals surface area contributed by atoms with Crippen LogP contribution in [0.5, 0.6) is 0 Å². The second-order valence-corrected chi connectivity index (χ2v) is 5.92. The van der Waals surface area contributed by atoms with E-state index in [2.05, 4.69) is 15.3 Å². The highest BCUT2D eigenvalue weighted by Gasteiger charge is 2.19. The monoisotopic (exact) mass is 339 g/mol. The van der Waals surface area contributed by atoms with Gasteiger partial charge in [-0.05, 0) is 18.6 Å². The molecule has 0 saturated heterocycles. The van der Waals surface area contributed by atoms with Crippen molar-refractivity contribution in [3.05, 3.63) is 71.3 Å². The van der Waals surface area contributed by atoms with Gasteiger partial charge >= 0.3 is 0 Å². The van der Waals surface area contributed by atoms with E-state index in [1.807, 2.05) is 48.1 Å². The van der Waals surface area contributed by atoms with Gasteiger partial charge in [-0.1, -0.05) is 30.3 Å². The lowest BCUT2D eigenvalue weighted by Gasteiger charge is -2.19. The number of aromatic nitrogens is 4. The first-order valence-electron chi connectivity index (χ1n) is 8.13. The van der Waals surface area contributed by atoms with E-state index in [1.54, 1.807) is 17.2 Å². The van der Waals surface area contributed by atoms with E-state index in [9.17, 15) is 9.90 Å². The Morgan fingerprint density at radius 3 is 2.76 bits per heavy atom. The van der Waals surface area contributed by atoms with E-state index in [-0.39, 0.29) is 19.1 Å². The molecular weight excluding hydrogens is 318 g/mol. The zero-order valence-corrected chi connectivity index (χ0v) is 14.1. The van der Waals surface area contributed by atoms with Gasteiger partial charge in [0.2, 0.25) is 0 Å². The van der Waals surface area contributed by atoms with Gasteiger partial charge < -0.3 is 10.0 Å². The van der Waals surface area contributed by atoms with Crippen molar-refractivity contribution in [2.75, 3.05) is 13.2 Å². The van der Waals surface area contributed by atoms with Gasteiger partial charge in [0, 0.05) is 30.5 Å². The summed E-state index contributed by atoms with van der Waals surface area (Å²) in [6.07, 6.45) is 3.66. The number of benzene rings is 1. The number of hydrogen-bond donors (Lipinski definition) is 2. The summed E-state index contributed by atoms with van der Waals surface area (Å²) >= 11 is 0. The van der Waals surface area contributed by atoms with Crippen LogP contribution < -0.4 is 0 Å². The van der Waals surface area contributed by atoms with Crippen LogP contribution in [0, 0.1) is 6.92 Å². The normalized spacial score (nSPS) is 10.8. The number of aryl methyl sites for hydroxylation is 1. The molecule has 0 aliphatic carbocycles. The van der Waals surface area contributed by atoms with Crippen molar-refractivity contribution >= 4 is 5.91 Å². The van der Waals surface area contributed by atoms with E-state index in [0.717, 1.165) is 16.8 Å². The summed E-state index contributed by atoms with van der Waals surface area (Å²) in [7, 11) is 0. The number of amides is 1. The molecule has 3 aromatic rings. The van der Waals surface area contributed by atoms with Crippen LogP contribution in [-0.4, -0.2) is 49.0 Å². The molecule has 0 atom stereocenters. The second-order valence-electron chi connectivity index (χ2n) is 5.92. The van der Waals surface area contributed by atoms with Crippen molar-refractivity contribution in [3.8, 4) is 0 Å². The summed E-state index contributed by atoms with van der Waals surface area (Å²) in [4.78, 5) is 14.1. The molecule has 0 fully saturated rings. The maximum absolute atomic E-state index is 12.6. The van der Waals surface area contributed by atoms with Gasteiger partial charge in [-0.2, -0.15) is 10.2 Å². The second kappa shape index (κ2) is 7.76. The summed E-state index contributed by atoms with van der Waals surface area (Å²) in [6, 6.07) is 11.8. The number of carbonyl (C=O) groups is 1. The van der Waals surface area contributed by atoms with Crippen molar-refractivity contribution in [1.29, 1.82) is 0 Å². The molecule has 1 aromatic carbocycles. The van der Waals surface area contributed by atoms with E-state index in [1.165, 1.54) is 0 Å². The lowest BCUT2D eigenvalue weighted by atomic mass is 10.2. The number of aromatic amines is 1. The largest absolute Gasteiger partial charge is 0.395 e. The van der Waals surface area contributed by atoms with E-state index >= 15 is 0 Å². The van der Waals surface area contributed by atoms with E-state index in [4.69, 9.17) is 0 Å². The van der Waals surface area contributed by atoms with Gasteiger partial charge in [0.05, 0.1) is 19.3 Å². The van der Waals surface area contributed by atoms with Crippen LogP contribution in [0.3, 0.4) is 0 Å². The van der Waals surface area contributed by atoms with Crippen molar-refractivity contribution in [2.24, 2.45) is 0 Å². The molecule has 1 amide bonds. The fourth-order valence-electron chi connectivity index (χ4n) is 2.63. The minimum Gasteiger partial charge on any atom is -0.395 e.